The number of benzene rings is 1. The van der Waals surface area contributed by atoms with E-state index in [9.17, 15) is 4.79 Å². The molecule has 2 rings (SSSR count). The van der Waals surface area contributed by atoms with Gasteiger partial charge >= 0.3 is 0 Å². The number of nitrogens with zero attached hydrogens (tertiary/aromatic N) is 2. The molecule has 0 aliphatic heterocycles. The highest BCUT2D eigenvalue weighted by Crippen LogP contribution is 2.19. The quantitative estimate of drug-likeness (QED) is 0.763. The molecule has 0 unspecified atom stereocenters. The van der Waals surface area contributed by atoms with Gasteiger partial charge in [-0.3, -0.25) is 4.79 Å². The van der Waals surface area contributed by atoms with E-state index in [-0.39, 0.29) is 5.91 Å². The van der Waals surface area contributed by atoms with E-state index in [1.54, 1.807) is 25.9 Å². The molecule has 2 aromatic rings. The zero-order valence-corrected chi connectivity index (χ0v) is 9.60. The minimum Gasteiger partial charge on any atom is -0.416 e. The van der Waals surface area contributed by atoms with E-state index in [1.807, 2.05) is 30.3 Å². The van der Waals surface area contributed by atoms with E-state index in [0.29, 0.717) is 5.69 Å². The Bertz CT molecular complexity index is 529. The van der Waals surface area contributed by atoms with Gasteiger partial charge in [-0.15, -0.1) is 0 Å². The van der Waals surface area contributed by atoms with Crippen LogP contribution in [0.2, 0.25) is 0 Å². The number of hydrogen-bond acceptors (Lipinski definition) is 2. The fraction of sp³-hybridized carbons (Fsp3) is 0.250. The molecule has 0 N–H and O–H groups in total. The summed E-state index contributed by atoms with van der Waals surface area (Å²) in [7, 11) is 5.00. The van der Waals surface area contributed by atoms with Crippen LogP contribution >= 0.6 is 0 Å². The highest BCUT2D eigenvalue weighted by atomic mass is 16.6. The topological polar surface area (TPSA) is 34.5 Å². The third kappa shape index (κ3) is 1.52. The minimum atomic E-state index is -0.0712. The Morgan fingerprint density at radius 2 is 2.00 bits per heavy atom. The molecule has 1 aromatic heterocycles. The van der Waals surface area contributed by atoms with Crippen LogP contribution in [0.5, 0.6) is 0 Å². The van der Waals surface area contributed by atoms with Crippen LogP contribution < -0.4 is 4.84 Å². The summed E-state index contributed by atoms with van der Waals surface area (Å²) in [6.45, 7) is 0. The number of carbonyl (C=O) groups excluding carboxylic acids is 1. The van der Waals surface area contributed by atoms with Crippen molar-refractivity contribution in [3.8, 4) is 0 Å². The second kappa shape index (κ2) is 3.89. The second-order valence-corrected chi connectivity index (χ2v) is 3.76. The molecule has 0 saturated heterocycles. The van der Waals surface area contributed by atoms with Crippen molar-refractivity contribution < 1.29 is 9.63 Å². The van der Waals surface area contributed by atoms with Crippen LogP contribution in [0.15, 0.2) is 30.3 Å². The van der Waals surface area contributed by atoms with Gasteiger partial charge in [-0.2, -0.15) is 4.73 Å². The number of hydrogen-bond donors (Lipinski definition) is 0. The summed E-state index contributed by atoms with van der Waals surface area (Å²) < 4.78 is 1.55. The van der Waals surface area contributed by atoms with Crippen molar-refractivity contribution in [2.75, 3.05) is 21.2 Å². The highest BCUT2D eigenvalue weighted by molar-refractivity contribution is 5.98. The van der Waals surface area contributed by atoms with Crippen molar-refractivity contribution in [2.45, 2.75) is 0 Å². The zero-order chi connectivity index (χ0) is 11.7. The Morgan fingerprint density at radius 3 is 2.62 bits per heavy atom. The molecule has 0 saturated carbocycles. The van der Waals surface area contributed by atoms with Crippen LogP contribution in [0.25, 0.3) is 10.9 Å². The molecule has 0 fully saturated rings. The van der Waals surface area contributed by atoms with Crippen molar-refractivity contribution in [3.63, 3.8) is 0 Å². The third-order valence-corrected chi connectivity index (χ3v) is 2.47. The van der Waals surface area contributed by atoms with Gasteiger partial charge in [-0.25, -0.2) is 0 Å². The predicted octanol–water partition coefficient (Wildman–Crippen LogP) is 1.40. The Labute approximate surface area is 94.0 Å². The summed E-state index contributed by atoms with van der Waals surface area (Å²) in [5, 5.41) is 0.995. The Morgan fingerprint density at radius 1 is 1.31 bits per heavy atom. The zero-order valence-electron chi connectivity index (χ0n) is 9.60. The molecule has 1 aromatic carbocycles. The van der Waals surface area contributed by atoms with Gasteiger partial charge in [0.05, 0.1) is 5.52 Å². The molecule has 0 aliphatic rings. The first kappa shape index (κ1) is 10.5. The average molecular weight is 218 g/mol. The minimum absolute atomic E-state index is 0.0712. The molecule has 1 heterocycles. The molecular formula is C12H14N2O2. The lowest BCUT2D eigenvalue weighted by atomic mass is 10.2. The molecule has 1 amide bonds. The molecule has 0 radical (unpaired) electrons. The molecule has 0 bridgehead atoms. The van der Waals surface area contributed by atoms with Gasteiger partial charge in [0, 0.05) is 19.5 Å². The van der Waals surface area contributed by atoms with Crippen LogP contribution in [0.4, 0.5) is 0 Å². The Kier molecular flexibility index (Phi) is 2.56. The first-order valence-electron chi connectivity index (χ1n) is 5.01. The van der Waals surface area contributed by atoms with Gasteiger partial charge in [0.15, 0.2) is 0 Å². The number of aromatic nitrogens is 1. The number of amides is 1. The summed E-state index contributed by atoms with van der Waals surface area (Å²) in [6, 6.07) is 9.57. The number of rotatable bonds is 2. The predicted molar refractivity (Wildman–Crippen MR) is 62.5 cm³/mol. The van der Waals surface area contributed by atoms with Gasteiger partial charge in [0.25, 0.3) is 5.91 Å². The maximum absolute atomic E-state index is 11.9. The van der Waals surface area contributed by atoms with Crippen molar-refractivity contribution in [1.29, 1.82) is 0 Å². The van der Waals surface area contributed by atoms with Crippen molar-refractivity contribution in [2.24, 2.45) is 0 Å². The fourth-order valence-corrected chi connectivity index (χ4v) is 1.70. The second-order valence-electron chi connectivity index (χ2n) is 3.76. The van der Waals surface area contributed by atoms with Crippen molar-refractivity contribution in [1.82, 2.24) is 9.63 Å². The molecule has 4 heteroatoms. The maximum atomic E-state index is 11.9. The lowest BCUT2D eigenvalue weighted by Crippen LogP contribution is -2.26. The van der Waals surface area contributed by atoms with E-state index < -0.39 is 0 Å². The average Bonchev–Trinajstić information content (AvgIpc) is 2.65. The Balaban J connectivity index is 2.65. The highest BCUT2D eigenvalue weighted by Gasteiger charge is 2.17. The summed E-state index contributed by atoms with van der Waals surface area (Å²) >= 11 is 0. The monoisotopic (exact) mass is 218 g/mol. The van der Waals surface area contributed by atoms with Gasteiger partial charge in [-0.05, 0) is 12.1 Å². The van der Waals surface area contributed by atoms with Crippen molar-refractivity contribution in [3.05, 3.63) is 36.0 Å². The van der Waals surface area contributed by atoms with Gasteiger partial charge in [0.2, 0.25) is 0 Å². The summed E-state index contributed by atoms with van der Waals surface area (Å²) in [5.74, 6) is -0.0712. The standard InChI is InChI=1S/C12H14N2O2/c1-13(2)12(15)11-8-9-6-4-5-7-10(9)14(11)16-3/h4-8H,1-3H3. The molecule has 16 heavy (non-hydrogen) atoms. The molecule has 0 atom stereocenters. The van der Waals surface area contributed by atoms with Crippen LogP contribution in [0.3, 0.4) is 0 Å². The van der Waals surface area contributed by atoms with E-state index in [2.05, 4.69) is 0 Å². The van der Waals surface area contributed by atoms with Gasteiger partial charge in [0.1, 0.15) is 12.8 Å². The first-order chi connectivity index (χ1) is 7.65. The SMILES string of the molecule is COn1c(C(=O)N(C)C)cc2ccccc21. The molecule has 0 aliphatic carbocycles. The largest absolute Gasteiger partial charge is 0.416 e. The van der Waals surface area contributed by atoms with Crippen molar-refractivity contribution >= 4 is 16.8 Å². The van der Waals surface area contributed by atoms with E-state index in [0.717, 1.165) is 10.9 Å². The normalized spacial score (nSPS) is 10.4. The summed E-state index contributed by atoms with van der Waals surface area (Å²) in [5.41, 5.74) is 1.43. The van der Waals surface area contributed by atoms with Crippen LogP contribution in [0, 0.1) is 0 Å². The number of fused-ring (bicyclic) bond motifs is 1. The smallest absolute Gasteiger partial charge is 0.273 e. The van der Waals surface area contributed by atoms with Crippen LogP contribution in [0.1, 0.15) is 10.5 Å². The molecular weight excluding hydrogens is 204 g/mol. The fourth-order valence-electron chi connectivity index (χ4n) is 1.70. The molecule has 4 nitrogen and oxygen atoms in total. The molecule has 0 spiro atoms. The van der Waals surface area contributed by atoms with E-state index in [1.165, 1.54) is 4.90 Å². The first-order valence-corrected chi connectivity index (χ1v) is 5.01. The van der Waals surface area contributed by atoms with E-state index >= 15 is 0 Å². The van der Waals surface area contributed by atoms with Crippen LogP contribution in [-0.2, 0) is 0 Å². The van der Waals surface area contributed by atoms with E-state index in [4.69, 9.17) is 4.84 Å². The Hall–Kier alpha value is -1.97. The lowest BCUT2D eigenvalue weighted by molar-refractivity contribution is 0.0777. The van der Waals surface area contributed by atoms with Gasteiger partial charge in [-0.1, -0.05) is 18.2 Å². The number of para-hydroxylation sites is 1. The maximum Gasteiger partial charge on any atom is 0.273 e. The summed E-state index contributed by atoms with van der Waals surface area (Å²) in [6.07, 6.45) is 0. The van der Waals surface area contributed by atoms with Crippen LogP contribution in [-0.4, -0.2) is 36.7 Å². The molecule has 84 valence electrons. The third-order valence-electron chi connectivity index (χ3n) is 2.47. The summed E-state index contributed by atoms with van der Waals surface area (Å²) in [4.78, 5) is 18.7. The number of carbonyl (C=O) groups is 1. The van der Waals surface area contributed by atoms with Gasteiger partial charge < -0.3 is 9.74 Å². The lowest BCUT2D eigenvalue weighted by Gasteiger charge is -2.12.